The number of carbonyl (C=O) groups excluding carboxylic acids is 2. The van der Waals surface area contributed by atoms with E-state index in [-0.39, 0.29) is 17.2 Å². The van der Waals surface area contributed by atoms with E-state index in [9.17, 15) is 18.4 Å². The minimum Gasteiger partial charge on any atom is -0.398 e. The third-order valence-electron chi connectivity index (χ3n) is 3.08. The Morgan fingerprint density at radius 3 is 2.74 bits per heavy atom. The van der Waals surface area contributed by atoms with Crippen molar-refractivity contribution < 1.29 is 18.4 Å². The molecule has 1 aromatic carbocycles. The van der Waals surface area contributed by atoms with Gasteiger partial charge in [-0.05, 0) is 13.0 Å². The van der Waals surface area contributed by atoms with Gasteiger partial charge in [0.1, 0.15) is 6.04 Å². The van der Waals surface area contributed by atoms with Gasteiger partial charge < -0.3 is 16.0 Å². The summed E-state index contributed by atoms with van der Waals surface area (Å²) >= 11 is 0. The average molecular weight is 269 g/mol. The lowest BCUT2D eigenvalue weighted by Gasteiger charge is -2.33. The van der Waals surface area contributed by atoms with Gasteiger partial charge in [0.25, 0.3) is 5.91 Å². The van der Waals surface area contributed by atoms with Crippen LogP contribution in [0.1, 0.15) is 17.3 Å². The second-order valence-corrected chi connectivity index (χ2v) is 4.32. The number of amides is 2. The monoisotopic (exact) mass is 269 g/mol. The van der Waals surface area contributed by atoms with Crippen LogP contribution in [0.4, 0.5) is 14.5 Å². The van der Waals surface area contributed by atoms with Gasteiger partial charge in [-0.15, -0.1) is 0 Å². The highest BCUT2D eigenvalue weighted by atomic mass is 19.2. The molecule has 2 amide bonds. The molecular formula is C12H13F2N3O2. The number of nitrogen functional groups attached to an aromatic ring is 1. The van der Waals surface area contributed by atoms with Gasteiger partial charge in [-0.2, -0.15) is 0 Å². The Kier molecular flexibility index (Phi) is 3.37. The van der Waals surface area contributed by atoms with Crippen LogP contribution in [-0.4, -0.2) is 35.8 Å². The van der Waals surface area contributed by atoms with Gasteiger partial charge >= 0.3 is 0 Å². The highest BCUT2D eigenvalue weighted by Gasteiger charge is 2.31. The molecule has 0 spiro atoms. The summed E-state index contributed by atoms with van der Waals surface area (Å²) in [6.07, 6.45) is 0. The number of carbonyl (C=O) groups is 2. The molecule has 1 aromatic rings. The second-order valence-electron chi connectivity index (χ2n) is 4.32. The smallest absolute Gasteiger partial charge is 0.256 e. The summed E-state index contributed by atoms with van der Waals surface area (Å²) in [7, 11) is 0. The quantitative estimate of drug-likeness (QED) is 0.729. The van der Waals surface area contributed by atoms with Gasteiger partial charge in [0, 0.05) is 24.8 Å². The third kappa shape index (κ3) is 2.35. The minimum atomic E-state index is -1.15. The second kappa shape index (κ2) is 4.83. The normalized spacial score (nSPS) is 19.2. The zero-order valence-corrected chi connectivity index (χ0v) is 10.2. The molecular weight excluding hydrogens is 256 g/mol. The van der Waals surface area contributed by atoms with Crippen LogP contribution in [0.15, 0.2) is 12.1 Å². The number of hydrogen-bond acceptors (Lipinski definition) is 3. The maximum Gasteiger partial charge on any atom is 0.256 e. The summed E-state index contributed by atoms with van der Waals surface area (Å²) in [4.78, 5) is 25.0. The Hall–Kier alpha value is -2.18. The van der Waals surface area contributed by atoms with Crippen LogP contribution in [0.3, 0.4) is 0 Å². The number of nitrogens with two attached hydrogens (primary N) is 1. The Bertz CT molecular complexity index is 548. The topological polar surface area (TPSA) is 75.4 Å². The maximum atomic E-state index is 13.2. The number of nitrogens with zero attached hydrogens (tertiary/aromatic N) is 1. The third-order valence-corrected chi connectivity index (χ3v) is 3.08. The molecule has 102 valence electrons. The molecule has 0 aromatic heterocycles. The fourth-order valence-electron chi connectivity index (χ4n) is 1.96. The molecule has 1 unspecified atom stereocenters. The van der Waals surface area contributed by atoms with E-state index in [0.29, 0.717) is 13.1 Å². The van der Waals surface area contributed by atoms with E-state index in [2.05, 4.69) is 5.32 Å². The molecule has 1 aliphatic heterocycles. The first-order valence-corrected chi connectivity index (χ1v) is 5.75. The van der Waals surface area contributed by atoms with Crippen LogP contribution in [0.5, 0.6) is 0 Å². The maximum absolute atomic E-state index is 13.2. The molecule has 5 nitrogen and oxygen atoms in total. The largest absolute Gasteiger partial charge is 0.398 e. The van der Waals surface area contributed by atoms with Crippen molar-refractivity contribution in [3.8, 4) is 0 Å². The van der Waals surface area contributed by atoms with Crippen LogP contribution in [0, 0.1) is 11.6 Å². The van der Waals surface area contributed by atoms with Crippen molar-refractivity contribution >= 4 is 17.5 Å². The molecule has 1 heterocycles. The van der Waals surface area contributed by atoms with E-state index in [4.69, 9.17) is 5.73 Å². The number of benzene rings is 1. The number of rotatable bonds is 1. The molecule has 19 heavy (non-hydrogen) atoms. The number of piperazine rings is 1. The summed E-state index contributed by atoms with van der Waals surface area (Å²) in [5.74, 6) is -3.13. The molecule has 3 N–H and O–H groups in total. The highest BCUT2D eigenvalue weighted by Crippen LogP contribution is 2.20. The van der Waals surface area contributed by atoms with Crippen LogP contribution < -0.4 is 11.1 Å². The van der Waals surface area contributed by atoms with Crippen molar-refractivity contribution in [2.45, 2.75) is 13.0 Å². The molecule has 1 aliphatic rings. The van der Waals surface area contributed by atoms with E-state index in [1.54, 1.807) is 6.92 Å². The SMILES string of the molecule is CC1C(=O)NCCN1C(=O)c1cc(F)c(F)cc1N. The Morgan fingerprint density at radius 1 is 1.42 bits per heavy atom. The standard InChI is InChI=1S/C12H13F2N3O2/c1-6-11(18)16-2-3-17(6)12(19)7-4-8(13)9(14)5-10(7)15/h4-6H,2-3,15H2,1H3,(H,16,18). The first-order chi connectivity index (χ1) is 8.91. The molecule has 0 radical (unpaired) electrons. The molecule has 7 heteroatoms. The molecule has 0 aliphatic carbocycles. The van der Waals surface area contributed by atoms with Gasteiger partial charge in [0.15, 0.2) is 11.6 Å². The predicted molar refractivity (Wildman–Crippen MR) is 64.3 cm³/mol. The summed E-state index contributed by atoms with van der Waals surface area (Å²) in [5.41, 5.74) is 5.23. The molecule has 1 saturated heterocycles. The van der Waals surface area contributed by atoms with Crippen molar-refractivity contribution in [3.63, 3.8) is 0 Å². The Labute approximate surface area is 108 Å². The number of halogens is 2. The predicted octanol–water partition coefficient (Wildman–Crippen LogP) is 0.508. The van der Waals surface area contributed by atoms with Crippen molar-refractivity contribution in [2.24, 2.45) is 0 Å². The molecule has 2 rings (SSSR count). The molecule has 0 bridgehead atoms. The minimum absolute atomic E-state index is 0.138. The zero-order valence-electron chi connectivity index (χ0n) is 10.2. The lowest BCUT2D eigenvalue weighted by Crippen LogP contribution is -2.55. The molecule has 0 saturated carbocycles. The van der Waals surface area contributed by atoms with Crippen molar-refractivity contribution in [2.75, 3.05) is 18.8 Å². The van der Waals surface area contributed by atoms with Crippen LogP contribution in [0.2, 0.25) is 0 Å². The van der Waals surface area contributed by atoms with E-state index in [0.717, 1.165) is 12.1 Å². The fraction of sp³-hybridized carbons (Fsp3) is 0.333. The summed E-state index contributed by atoms with van der Waals surface area (Å²) < 4.78 is 26.1. The first kappa shape index (κ1) is 13.3. The molecule has 1 atom stereocenters. The number of anilines is 1. The lowest BCUT2D eigenvalue weighted by molar-refractivity contribution is -0.127. The van der Waals surface area contributed by atoms with E-state index >= 15 is 0 Å². The zero-order chi connectivity index (χ0) is 14.2. The summed E-state index contributed by atoms with van der Waals surface area (Å²) in [6.45, 7) is 2.17. The van der Waals surface area contributed by atoms with Crippen molar-refractivity contribution in [1.82, 2.24) is 10.2 Å². The van der Waals surface area contributed by atoms with Gasteiger partial charge in [-0.25, -0.2) is 8.78 Å². The fourth-order valence-corrected chi connectivity index (χ4v) is 1.96. The lowest BCUT2D eigenvalue weighted by atomic mass is 10.1. The Morgan fingerprint density at radius 2 is 2.05 bits per heavy atom. The van der Waals surface area contributed by atoms with Crippen LogP contribution in [0.25, 0.3) is 0 Å². The van der Waals surface area contributed by atoms with E-state index in [1.807, 2.05) is 0 Å². The first-order valence-electron chi connectivity index (χ1n) is 5.75. The van der Waals surface area contributed by atoms with Crippen molar-refractivity contribution in [1.29, 1.82) is 0 Å². The number of nitrogens with one attached hydrogen (secondary N) is 1. The average Bonchev–Trinajstić information content (AvgIpc) is 2.36. The summed E-state index contributed by atoms with van der Waals surface area (Å²) in [6, 6.07) is 0.845. The van der Waals surface area contributed by atoms with Crippen LogP contribution in [-0.2, 0) is 4.79 Å². The van der Waals surface area contributed by atoms with Gasteiger partial charge in [-0.3, -0.25) is 9.59 Å². The Balaban J connectivity index is 2.34. The van der Waals surface area contributed by atoms with E-state index < -0.39 is 23.6 Å². The highest BCUT2D eigenvalue weighted by molar-refractivity contribution is 6.01. The van der Waals surface area contributed by atoms with E-state index in [1.165, 1.54) is 4.90 Å². The van der Waals surface area contributed by atoms with Gasteiger partial charge in [-0.1, -0.05) is 0 Å². The summed E-state index contributed by atoms with van der Waals surface area (Å²) in [5, 5.41) is 2.61. The van der Waals surface area contributed by atoms with Crippen molar-refractivity contribution in [3.05, 3.63) is 29.3 Å². The van der Waals surface area contributed by atoms with Gasteiger partial charge in [0.05, 0.1) is 5.56 Å². The van der Waals surface area contributed by atoms with Gasteiger partial charge in [0.2, 0.25) is 5.91 Å². The van der Waals surface area contributed by atoms with Crippen LogP contribution >= 0.6 is 0 Å². The number of hydrogen-bond donors (Lipinski definition) is 2. The molecule has 1 fully saturated rings.